The molecule has 0 heterocycles. The molecule has 0 aliphatic heterocycles. The molecule has 0 fully saturated rings. The van der Waals surface area contributed by atoms with E-state index in [1.165, 1.54) is 0 Å². The smallest absolute Gasteiger partial charge is 0.336 e. The van der Waals surface area contributed by atoms with Crippen molar-refractivity contribution in [1.82, 2.24) is 0 Å². The Kier molecular flexibility index (Phi) is 1.71. The highest BCUT2D eigenvalue weighted by Gasteiger charge is 2.16. The lowest BCUT2D eigenvalue weighted by Crippen LogP contribution is -1.99. The molecule has 43 valence electrons. The van der Waals surface area contributed by atoms with Gasteiger partial charge in [-0.2, -0.15) is 8.42 Å². The highest BCUT2D eigenvalue weighted by Crippen LogP contribution is 2.04. The Morgan fingerprint density at radius 2 is 1.86 bits per heavy atom. The molecule has 0 aliphatic rings. The van der Waals surface area contributed by atoms with E-state index in [-0.39, 0.29) is 0 Å². The number of halogens is 1. The lowest BCUT2D eigenvalue weighted by Gasteiger charge is -1.89. The largest absolute Gasteiger partial charge is 0.369 e. The second-order valence-corrected chi connectivity index (χ2v) is 2.42. The molecule has 1 radical (unpaired) electrons. The van der Waals surface area contributed by atoms with E-state index in [0.29, 0.717) is 0 Å². The molecule has 0 bridgehead atoms. The van der Waals surface area contributed by atoms with Crippen LogP contribution in [0.4, 0.5) is 3.89 Å². The van der Waals surface area contributed by atoms with Gasteiger partial charge in [0, 0.05) is 0 Å². The maximum absolute atomic E-state index is 11.2. The lowest BCUT2D eigenvalue weighted by atomic mass is 10.9. The van der Waals surface area contributed by atoms with Gasteiger partial charge in [0.05, 0.1) is 0 Å². The minimum Gasteiger partial charge on any atom is -0.369 e. The van der Waals surface area contributed by atoms with Crippen LogP contribution in [-0.2, 0) is 10.2 Å². The number of hydrogen-bond acceptors (Lipinski definition) is 3. The number of hydrogen-bond donors (Lipinski definition) is 1. The molecule has 0 aromatic heterocycles. The Labute approximate surface area is 41.0 Å². The molecule has 0 saturated heterocycles. The van der Waals surface area contributed by atoms with E-state index in [1.54, 1.807) is 0 Å². The molecule has 5 heteroatoms. The van der Waals surface area contributed by atoms with Crippen LogP contribution in [0.2, 0.25) is 0 Å². The monoisotopic (exact) mass is 127 g/mol. The van der Waals surface area contributed by atoms with Gasteiger partial charge in [-0.05, 0) is 6.92 Å². The van der Waals surface area contributed by atoms with Gasteiger partial charge in [-0.3, -0.25) is 0 Å². The summed E-state index contributed by atoms with van der Waals surface area (Å²) >= 11 is 0. The molecule has 0 atom stereocenters. The zero-order valence-electron chi connectivity index (χ0n) is 3.55. The molecule has 7 heavy (non-hydrogen) atoms. The van der Waals surface area contributed by atoms with E-state index >= 15 is 0 Å². The Bertz CT molecular complexity index is 135. The topological polar surface area (TPSA) is 54.4 Å². The van der Waals surface area contributed by atoms with Gasteiger partial charge in [-0.15, -0.1) is 3.89 Å². The summed E-state index contributed by atoms with van der Waals surface area (Å²) in [6, 6.07) is 0. The van der Waals surface area contributed by atoms with Crippen molar-refractivity contribution >= 4 is 10.2 Å². The quantitative estimate of drug-likeness (QED) is 0.511. The van der Waals surface area contributed by atoms with Crippen LogP contribution in [0.5, 0.6) is 0 Å². The summed E-state index contributed by atoms with van der Waals surface area (Å²) in [7, 11) is -4.77. The van der Waals surface area contributed by atoms with Gasteiger partial charge in [-0.25, -0.2) is 0 Å². The van der Waals surface area contributed by atoms with Crippen molar-refractivity contribution in [3.8, 4) is 0 Å². The van der Waals surface area contributed by atoms with E-state index in [1.807, 2.05) is 0 Å². The molecule has 0 amide bonds. The van der Waals surface area contributed by atoms with Crippen LogP contribution in [-0.4, -0.2) is 13.5 Å². The molecule has 0 aromatic carbocycles. The molecule has 3 nitrogen and oxygen atoms in total. The zero-order valence-corrected chi connectivity index (χ0v) is 4.37. The molecule has 0 aromatic rings. The minimum atomic E-state index is -4.77. The third-order valence-electron chi connectivity index (χ3n) is 0.353. The summed E-state index contributed by atoms with van der Waals surface area (Å²) < 4.78 is 30.0. The van der Waals surface area contributed by atoms with Crippen LogP contribution in [0, 0.1) is 5.44 Å². The second-order valence-electron chi connectivity index (χ2n) is 0.957. The van der Waals surface area contributed by atoms with Gasteiger partial charge in [-0.1, -0.05) is 0 Å². The number of rotatable bonds is 1. The average Bonchev–Trinajstić information content (AvgIpc) is 1.31. The molecular weight excluding hydrogens is 123 g/mol. The number of aliphatic hydroxyl groups excluding tert-OH is 1. The Balaban J connectivity index is 4.10. The maximum atomic E-state index is 11.2. The van der Waals surface area contributed by atoms with Crippen molar-refractivity contribution in [3.63, 3.8) is 0 Å². The van der Waals surface area contributed by atoms with Crippen LogP contribution < -0.4 is 0 Å². The lowest BCUT2D eigenvalue weighted by molar-refractivity contribution is 0.353. The summed E-state index contributed by atoms with van der Waals surface area (Å²) in [4.78, 5) is 0. The Hall–Kier alpha value is -0.160. The molecular formula is C2H4FO3S. The third-order valence-corrected chi connectivity index (χ3v) is 1.06. The van der Waals surface area contributed by atoms with Crippen molar-refractivity contribution in [2.45, 2.75) is 6.92 Å². The molecule has 0 unspecified atom stereocenters. The normalized spacial score (nSPS) is 12.6. The predicted molar refractivity (Wildman–Crippen MR) is 20.9 cm³/mol. The molecule has 0 spiro atoms. The summed E-state index contributed by atoms with van der Waals surface area (Å²) in [6.45, 7) is 0.759. The first-order valence-electron chi connectivity index (χ1n) is 1.42. The zero-order chi connectivity index (χ0) is 6.08. The SMILES string of the molecule is C[C](O)S(=O)(=O)F. The first-order valence-corrected chi connectivity index (χ1v) is 2.80. The highest BCUT2D eigenvalue weighted by molar-refractivity contribution is 7.89. The first-order chi connectivity index (χ1) is 2.94. The first kappa shape index (κ1) is 6.84. The van der Waals surface area contributed by atoms with Gasteiger partial charge < -0.3 is 5.11 Å². The van der Waals surface area contributed by atoms with Crippen molar-refractivity contribution in [2.24, 2.45) is 0 Å². The van der Waals surface area contributed by atoms with E-state index < -0.39 is 15.7 Å². The van der Waals surface area contributed by atoms with E-state index in [9.17, 15) is 12.3 Å². The molecule has 0 rings (SSSR count). The van der Waals surface area contributed by atoms with Gasteiger partial charge in [0.2, 0.25) is 5.44 Å². The minimum absolute atomic E-state index is 0.759. The van der Waals surface area contributed by atoms with E-state index in [4.69, 9.17) is 5.11 Å². The number of aliphatic hydroxyl groups is 1. The maximum Gasteiger partial charge on any atom is 0.336 e. The van der Waals surface area contributed by atoms with Gasteiger partial charge in [0.25, 0.3) is 0 Å². The van der Waals surface area contributed by atoms with Gasteiger partial charge in [0.1, 0.15) is 0 Å². The standard InChI is InChI=1S/C2H4FO3S/c1-2(4)7(3,5)6/h4H,1H3. The molecule has 0 aliphatic carbocycles. The Morgan fingerprint density at radius 3 is 1.86 bits per heavy atom. The summed E-state index contributed by atoms with van der Waals surface area (Å²) in [5.74, 6) is 0. The van der Waals surface area contributed by atoms with Crippen LogP contribution in [0.3, 0.4) is 0 Å². The fraction of sp³-hybridized carbons (Fsp3) is 0.500. The van der Waals surface area contributed by atoms with Crippen molar-refractivity contribution in [2.75, 3.05) is 0 Å². The summed E-state index contributed by atoms with van der Waals surface area (Å²) in [5.41, 5.74) is -1.20. The van der Waals surface area contributed by atoms with Crippen molar-refractivity contribution in [3.05, 3.63) is 5.44 Å². The highest BCUT2D eigenvalue weighted by atomic mass is 32.3. The predicted octanol–water partition coefficient (Wildman–Crippen LogP) is 0.168. The fourth-order valence-corrected chi connectivity index (χ4v) is 0. The summed E-state index contributed by atoms with van der Waals surface area (Å²) in [6.07, 6.45) is 0. The third kappa shape index (κ3) is 2.52. The van der Waals surface area contributed by atoms with Crippen molar-refractivity contribution in [1.29, 1.82) is 0 Å². The molecule has 1 N–H and O–H groups in total. The molecule has 0 saturated carbocycles. The van der Waals surface area contributed by atoms with E-state index in [2.05, 4.69) is 0 Å². The van der Waals surface area contributed by atoms with Gasteiger partial charge >= 0.3 is 10.2 Å². The average molecular weight is 127 g/mol. The van der Waals surface area contributed by atoms with Gasteiger partial charge in [0.15, 0.2) is 0 Å². The fourth-order valence-electron chi connectivity index (χ4n) is 0. The second kappa shape index (κ2) is 1.75. The van der Waals surface area contributed by atoms with Crippen molar-refractivity contribution < 1.29 is 17.4 Å². The van der Waals surface area contributed by atoms with E-state index in [0.717, 1.165) is 6.92 Å². The van der Waals surface area contributed by atoms with Crippen LogP contribution >= 0.6 is 0 Å². The van der Waals surface area contributed by atoms with Crippen LogP contribution in [0.25, 0.3) is 0 Å². The summed E-state index contributed by atoms with van der Waals surface area (Å²) in [5, 5.41) is 7.84. The van der Waals surface area contributed by atoms with Crippen LogP contribution in [0.15, 0.2) is 0 Å². The Morgan fingerprint density at radius 1 is 1.71 bits per heavy atom. The van der Waals surface area contributed by atoms with Crippen LogP contribution in [0.1, 0.15) is 6.92 Å².